The summed E-state index contributed by atoms with van der Waals surface area (Å²) in [6.45, 7) is 2.76. The Labute approximate surface area is 109 Å². The average Bonchev–Trinajstić information content (AvgIpc) is 2.72. The predicted molar refractivity (Wildman–Crippen MR) is 61.3 cm³/mol. The first kappa shape index (κ1) is 15.9. The highest BCUT2D eigenvalue weighted by atomic mass is 19.4. The largest absolute Gasteiger partial charge is 0.411 e. The Morgan fingerprint density at radius 3 is 2.58 bits per heavy atom. The van der Waals surface area contributed by atoms with Gasteiger partial charge in [0.1, 0.15) is 13.2 Å². The Morgan fingerprint density at radius 2 is 2.05 bits per heavy atom. The second-order valence-corrected chi connectivity index (χ2v) is 4.72. The van der Waals surface area contributed by atoms with Crippen molar-refractivity contribution < 1.29 is 22.4 Å². The van der Waals surface area contributed by atoms with Crippen LogP contribution in [0.3, 0.4) is 0 Å². The van der Waals surface area contributed by atoms with E-state index >= 15 is 0 Å². The minimum absolute atomic E-state index is 0.0798. The second-order valence-electron chi connectivity index (χ2n) is 4.72. The Hall–Kier alpha value is -1.15. The summed E-state index contributed by atoms with van der Waals surface area (Å²) in [6.07, 6.45) is -3.58. The molecule has 19 heavy (non-hydrogen) atoms. The third-order valence-electron chi connectivity index (χ3n) is 2.37. The van der Waals surface area contributed by atoms with Crippen LogP contribution in [0, 0.1) is 5.92 Å². The van der Waals surface area contributed by atoms with Gasteiger partial charge in [0.25, 0.3) is 0 Å². The third kappa shape index (κ3) is 6.02. The van der Waals surface area contributed by atoms with E-state index in [0.29, 0.717) is 18.4 Å². The molecular weight excluding hydrogens is 263 g/mol. The number of rotatable bonds is 7. The maximum atomic E-state index is 11.9. The molecule has 110 valence electrons. The summed E-state index contributed by atoms with van der Waals surface area (Å²) in [7, 11) is 0. The minimum atomic E-state index is -4.36. The fourth-order valence-electron chi connectivity index (χ4n) is 1.62. The molecule has 0 aliphatic heterocycles. The lowest BCUT2D eigenvalue weighted by Crippen LogP contribution is -2.17. The number of aromatic nitrogens is 2. The van der Waals surface area contributed by atoms with Gasteiger partial charge in [-0.05, 0) is 12.3 Å². The van der Waals surface area contributed by atoms with Gasteiger partial charge in [-0.2, -0.15) is 18.2 Å². The van der Waals surface area contributed by atoms with Crippen LogP contribution in [0.4, 0.5) is 13.2 Å². The van der Waals surface area contributed by atoms with Gasteiger partial charge in [0.15, 0.2) is 5.82 Å². The maximum Gasteiger partial charge on any atom is 0.411 e. The molecule has 0 aromatic carbocycles. The van der Waals surface area contributed by atoms with Crippen LogP contribution in [-0.2, 0) is 11.3 Å². The van der Waals surface area contributed by atoms with Gasteiger partial charge in [-0.3, -0.25) is 0 Å². The lowest BCUT2D eigenvalue weighted by atomic mass is 9.97. The molecule has 2 N–H and O–H groups in total. The first-order chi connectivity index (χ1) is 8.81. The summed E-state index contributed by atoms with van der Waals surface area (Å²) < 4.78 is 45.1. The van der Waals surface area contributed by atoms with Gasteiger partial charge in [-0.25, -0.2) is 0 Å². The van der Waals surface area contributed by atoms with Crippen molar-refractivity contribution in [3.63, 3.8) is 0 Å². The Morgan fingerprint density at radius 1 is 1.37 bits per heavy atom. The van der Waals surface area contributed by atoms with Gasteiger partial charge < -0.3 is 15.0 Å². The standard InChI is InChI=1S/C11H18F3N3O2/c1-7(2)3-8(4-15)10-16-9(17-19-10)5-18-6-11(12,13)14/h7-8H,3-6,15H2,1-2H3. The van der Waals surface area contributed by atoms with Crippen molar-refractivity contribution in [1.82, 2.24) is 10.1 Å². The van der Waals surface area contributed by atoms with Crippen LogP contribution < -0.4 is 5.73 Å². The van der Waals surface area contributed by atoms with Gasteiger partial charge in [-0.1, -0.05) is 19.0 Å². The normalized spacial score (nSPS) is 14.1. The Bertz CT molecular complexity index is 380. The summed E-state index contributed by atoms with van der Waals surface area (Å²) in [5, 5.41) is 3.58. The minimum Gasteiger partial charge on any atom is -0.364 e. The van der Waals surface area contributed by atoms with E-state index in [2.05, 4.69) is 14.9 Å². The van der Waals surface area contributed by atoms with Crippen LogP contribution in [0.1, 0.15) is 37.9 Å². The summed E-state index contributed by atoms with van der Waals surface area (Å²) >= 11 is 0. The van der Waals surface area contributed by atoms with Gasteiger partial charge in [0.05, 0.1) is 5.92 Å². The summed E-state index contributed by atoms with van der Waals surface area (Å²) in [5.74, 6) is 0.775. The number of ether oxygens (including phenoxy) is 1. The molecule has 0 saturated heterocycles. The highest BCUT2D eigenvalue weighted by Crippen LogP contribution is 2.21. The quantitative estimate of drug-likeness (QED) is 0.829. The molecule has 0 spiro atoms. The van der Waals surface area contributed by atoms with Crippen molar-refractivity contribution in [1.29, 1.82) is 0 Å². The molecule has 1 aromatic heterocycles. The molecule has 0 radical (unpaired) electrons. The number of nitrogens with zero attached hydrogens (tertiary/aromatic N) is 2. The number of hydrogen-bond donors (Lipinski definition) is 1. The van der Waals surface area contributed by atoms with Gasteiger partial charge in [-0.15, -0.1) is 0 Å². The van der Waals surface area contributed by atoms with Gasteiger partial charge >= 0.3 is 6.18 Å². The lowest BCUT2D eigenvalue weighted by Gasteiger charge is -2.11. The van der Waals surface area contributed by atoms with E-state index in [1.54, 1.807) is 0 Å². The SMILES string of the molecule is CC(C)CC(CN)c1nc(COCC(F)(F)F)no1. The first-order valence-electron chi connectivity index (χ1n) is 5.99. The van der Waals surface area contributed by atoms with Crippen LogP contribution in [0.2, 0.25) is 0 Å². The lowest BCUT2D eigenvalue weighted by molar-refractivity contribution is -0.177. The van der Waals surface area contributed by atoms with Crippen molar-refractivity contribution in [3.8, 4) is 0 Å². The average molecular weight is 281 g/mol. The van der Waals surface area contributed by atoms with Gasteiger partial charge in [0, 0.05) is 6.54 Å². The Balaban J connectivity index is 2.51. The van der Waals surface area contributed by atoms with Crippen molar-refractivity contribution in [2.45, 2.75) is 39.0 Å². The smallest absolute Gasteiger partial charge is 0.364 e. The molecule has 0 aliphatic rings. The van der Waals surface area contributed by atoms with Crippen molar-refractivity contribution in [2.24, 2.45) is 11.7 Å². The summed E-state index contributed by atoms with van der Waals surface area (Å²) in [5.41, 5.74) is 5.61. The molecule has 1 aromatic rings. The maximum absolute atomic E-state index is 11.9. The van der Waals surface area contributed by atoms with E-state index in [9.17, 15) is 13.2 Å². The third-order valence-corrected chi connectivity index (χ3v) is 2.37. The number of nitrogens with two attached hydrogens (primary N) is 1. The van der Waals surface area contributed by atoms with E-state index in [1.807, 2.05) is 13.8 Å². The predicted octanol–water partition coefficient (Wildman–Crippen LogP) is 2.24. The molecule has 0 saturated carbocycles. The summed E-state index contributed by atoms with van der Waals surface area (Å²) in [4.78, 5) is 4.00. The van der Waals surface area contributed by atoms with Crippen LogP contribution in [0.25, 0.3) is 0 Å². The number of hydrogen-bond acceptors (Lipinski definition) is 5. The first-order valence-corrected chi connectivity index (χ1v) is 5.99. The van der Waals surface area contributed by atoms with E-state index in [0.717, 1.165) is 6.42 Å². The second kappa shape index (κ2) is 6.85. The van der Waals surface area contributed by atoms with E-state index in [4.69, 9.17) is 10.3 Å². The molecule has 1 unspecified atom stereocenters. The zero-order valence-electron chi connectivity index (χ0n) is 10.9. The van der Waals surface area contributed by atoms with Crippen molar-refractivity contribution >= 4 is 0 Å². The molecule has 5 nitrogen and oxygen atoms in total. The zero-order chi connectivity index (χ0) is 14.5. The van der Waals surface area contributed by atoms with Crippen molar-refractivity contribution in [2.75, 3.05) is 13.2 Å². The molecule has 1 heterocycles. The van der Waals surface area contributed by atoms with Crippen LogP contribution in [0.15, 0.2) is 4.52 Å². The van der Waals surface area contributed by atoms with Crippen LogP contribution in [-0.4, -0.2) is 29.5 Å². The van der Waals surface area contributed by atoms with Crippen LogP contribution >= 0.6 is 0 Å². The molecule has 1 atom stereocenters. The molecule has 0 aliphatic carbocycles. The zero-order valence-corrected chi connectivity index (χ0v) is 10.9. The number of alkyl halides is 3. The molecule has 0 bridgehead atoms. The topological polar surface area (TPSA) is 74.2 Å². The van der Waals surface area contributed by atoms with E-state index in [1.165, 1.54) is 0 Å². The molecular formula is C11H18F3N3O2. The highest BCUT2D eigenvalue weighted by molar-refractivity contribution is 4.94. The molecule has 8 heteroatoms. The van der Waals surface area contributed by atoms with Gasteiger partial charge in [0.2, 0.25) is 5.89 Å². The highest BCUT2D eigenvalue weighted by Gasteiger charge is 2.28. The number of halogens is 3. The fraction of sp³-hybridized carbons (Fsp3) is 0.818. The fourth-order valence-corrected chi connectivity index (χ4v) is 1.62. The monoisotopic (exact) mass is 281 g/mol. The Kier molecular flexibility index (Phi) is 5.74. The molecule has 1 rings (SSSR count). The van der Waals surface area contributed by atoms with Crippen LogP contribution in [0.5, 0.6) is 0 Å². The molecule has 0 fully saturated rings. The van der Waals surface area contributed by atoms with E-state index in [-0.39, 0.29) is 18.3 Å². The van der Waals surface area contributed by atoms with Crippen molar-refractivity contribution in [3.05, 3.63) is 11.7 Å². The van der Waals surface area contributed by atoms with E-state index < -0.39 is 12.8 Å². The molecule has 0 amide bonds. The summed E-state index contributed by atoms with van der Waals surface area (Å²) in [6, 6.07) is 0.